The number of hydrogen-bond acceptors (Lipinski definition) is 4. The van der Waals surface area contributed by atoms with Gasteiger partial charge in [0.2, 0.25) is 5.89 Å². The van der Waals surface area contributed by atoms with E-state index in [0.29, 0.717) is 19.1 Å². The molecule has 2 aromatic carbocycles. The van der Waals surface area contributed by atoms with Crippen LogP contribution < -0.4 is 4.74 Å². The first-order valence-corrected chi connectivity index (χ1v) is 9.83. The van der Waals surface area contributed by atoms with Crippen molar-refractivity contribution in [3.8, 4) is 5.75 Å². The van der Waals surface area contributed by atoms with Gasteiger partial charge in [-0.1, -0.05) is 55.3 Å². The molecule has 4 heteroatoms. The van der Waals surface area contributed by atoms with E-state index in [2.05, 4.69) is 17.1 Å². The Labute approximate surface area is 166 Å². The predicted molar refractivity (Wildman–Crippen MR) is 112 cm³/mol. The Balaban J connectivity index is 1.43. The van der Waals surface area contributed by atoms with E-state index >= 15 is 0 Å². The number of aromatic nitrogens is 1. The molecule has 0 amide bonds. The number of rotatable bonds is 11. The van der Waals surface area contributed by atoms with Crippen molar-refractivity contribution in [1.82, 2.24) is 4.98 Å². The minimum absolute atomic E-state index is 0.294. The summed E-state index contributed by atoms with van der Waals surface area (Å²) >= 11 is 0. The SMILES string of the molecule is OCCCCCCc1ccc(OCc2coc(C=Cc3ccccc3)n2)cc1. The van der Waals surface area contributed by atoms with E-state index in [-0.39, 0.29) is 0 Å². The number of aliphatic hydroxyl groups excluding tert-OH is 1. The molecule has 0 aliphatic rings. The molecule has 0 aliphatic carbocycles. The third kappa shape index (κ3) is 6.71. The molecule has 28 heavy (non-hydrogen) atoms. The van der Waals surface area contributed by atoms with Crippen LogP contribution in [-0.2, 0) is 13.0 Å². The molecule has 0 unspecified atom stereocenters. The Kier molecular flexibility index (Phi) is 7.89. The summed E-state index contributed by atoms with van der Waals surface area (Å²) in [5.41, 5.74) is 3.18. The molecule has 0 saturated heterocycles. The molecule has 1 N–H and O–H groups in total. The lowest BCUT2D eigenvalue weighted by atomic mass is 10.1. The quantitative estimate of drug-likeness (QED) is 0.447. The average Bonchev–Trinajstić information content (AvgIpc) is 3.20. The van der Waals surface area contributed by atoms with Gasteiger partial charge in [-0.15, -0.1) is 0 Å². The third-order valence-electron chi connectivity index (χ3n) is 4.47. The van der Waals surface area contributed by atoms with Gasteiger partial charge in [0.1, 0.15) is 24.3 Å². The zero-order valence-electron chi connectivity index (χ0n) is 16.1. The zero-order valence-corrected chi connectivity index (χ0v) is 16.1. The second kappa shape index (κ2) is 11.1. The lowest BCUT2D eigenvalue weighted by Crippen LogP contribution is -1.96. The highest BCUT2D eigenvalue weighted by Crippen LogP contribution is 2.16. The maximum absolute atomic E-state index is 8.79. The summed E-state index contributed by atoms with van der Waals surface area (Å²) in [5.74, 6) is 1.40. The summed E-state index contributed by atoms with van der Waals surface area (Å²) in [6, 6.07) is 18.3. The number of unbranched alkanes of at least 4 members (excludes halogenated alkanes) is 3. The maximum atomic E-state index is 8.79. The minimum atomic E-state index is 0.294. The van der Waals surface area contributed by atoms with Crippen LogP contribution in [0.5, 0.6) is 5.75 Å². The van der Waals surface area contributed by atoms with Crippen LogP contribution in [0.25, 0.3) is 12.2 Å². The second-order valence-electron chi connectivity index (χ2n) is 6.74. The van der Waals surface area contributed by atoms with E-state index in [1.807, 2.05) is 54.6 Å². The maximum Gasteiger partial charge on any atom is 0.218 e. The van der Waals surface area contributed by atoms with E-state index < -0.39 is 0 Å². The number of nitrogens with zero attached hydrogens (tertiary/aromatic N) is 1. The molecular formula is C24H27NO3. The van der Waals surface area contributed by atoms with Crippen LogP contribution in [0.1, 0.15) is 48.4 Å². The van der Waals surface area contributed by atoms with E-state index in [4.69, 9.17) is 14.3 Å². The topological polar surface area (TPSA) is 55.5 Å². The Bertz CT molecular complexity index is 838. The standard InChI is InChI=1S/C24H27NO3/c26-17-7-2-1-4-10-21-11-14-23(15-12-21)27-18-22-19-28-24(25-22)16-13-20-8-5-3-6-9-20/h3,5-6,8-9,11-16,19,26H,1-2,4,7,10,17-18H2. The highest BCUT2D eigenvalue weighted by Gasteiger charge is 2.03. The van der Waals surface area contributed by atoms with Crippen LogP contribution in [0.3, 0.4) is 0 Å². The lowest BCUT2D eigenvalue weighted by molar-refractivity contribution is 0.282. The molecule has 146 valence electrons. The number of ether oxygens (including phenoxy) is 1. The van der Waals surface area contributed by atoms with Gasteiger partial charge in [-0.2, -0.15) is 0 Å². The summed E-state index contributed by atoms with van der Waals surface area (Å²) in [5, 5.41) is 8.79. The number of oxazole rings is 1. The van der Waals surface area contributed by atoms with Crippen molar-refractivity contribution in [2.45, 2.75) is 38.7 Å². The van der Waals surface area contributed by atoms with Crippen molar-refractivity contribution in [3.63, 3.8) is 0 Å². The third-order valence-corrected chi connectivity index (χ3v) is 4.47. The first-order valence-electron chi connectivity index (χ1n) is 9.83. The molecule has 0 radical (unpaired) electrons. The molecule has 0 spiro atoms. The molecule has 3 rings (SSSR count). The van der Waals surface area contributed by atoms with Crippen molar-refractivity contribution < 1.29 is 14.3 Å². The Morgan fingerprint density at radius 1 is 0.893 bits per heavy atom. The van der Waals surface area contributed by atoms with Crippen molar-refractivity contribution in [2.75, 3.05) is 6.61 Å². The summed E-state index contributed by atoms with van der Waals surface area (Å²) in [6.45, 7) is 0.672. The molecule has 4 nitrogen and oxygen atoms in total. The summed E-state index contributed by atoms with van der Waals surface area (Å²) in [6.07, 6.45) is 10.8. The van der Waals surface area contributed by atoms with Crippen molar-refractivity contribution >= 4 is 12.2 Å². The summed E-state index contributed by atoms with van der Waals surface area (Å²) < 4.78 is 11.3. The van der Waals surface area contributed by atoms with Gasteiger partial charge in [-0.05, 0) is 48.6 Å². The molecule has 1 heterocycles. The Morgan fingerprint density at radius 2 is 1.68 bits per heavy atom. The largest absolute Gasteiger partial charge is 0.487 e. The molecule has 0 bridgehead atoms. The smallest absolute Gasteiger partial charge is 0.218 e. The predicted octanol–water partition coefficient (Wildman–Crippen LogP) is 5.52. The van der Waals surface area contributed by atoms with E-state index in [9.17, 15) is 0 Å². The molecule has 0 atom stereocenters. The lowest BCUT2D eigenvalue weighted by Gasteiger charge is -2.06. The zero-order chi connectivity index (χ0) is 19.4. The van der Waals surface area contributed by atoms with Gasteiger partial charge in [-0.25, -0.2) is 4.98 Å². The fraction of sp³-hybridized carbons (Fsp3) is 0.292. The van der Waals surface area contributed by atoms with Gasteiger partial charge in [0, 0.05) is 12.7 Å². The van der Waals surface area contributed by atoms with Crippen molar-refractivity contribution in [1.29, 1.82) is 0 Å². The highest BCUT2D eigenvalue weighted by atomic mass is 16.5. The first kappa shape index (κ1) is 19.9. The molecule has 0 aliphatic heterocycles. The molecule has 3 aromatic rings. The van der Waals surface area contributed by atoms with Crippen LogP contribution in [0, 0.1) is 0 Å². The monoisotopic (exact) mass is 377 g/mol. The molecule has 0 fully saturated rings. The van der Waals surface area contributed by atoms with Gasteiger partial charge >= 0.3 is 0 Å². The summed E-state index contributed by atoms with van der Waals surface area (Å²) in [7, 11) is 0. The van der Waals surface area contributed by atoms with E-state index in [1.165, 1.54) is 5.56 Å². The van der Waals surface area contributed by atoms with Gasteiger partial charge in [0.05, 0.1) is 0 Å². The fourth-order valence-corrected chi connectivity index (χ4v) is 2.90. The summed E-state index contributed by atoms with van der Waals surface area (Å²) in [4.78, 5) is 4.43. The fourth-order valence-electron chi connectivity index (χ4n) is 2.90. The molecule has 1 aromatic heterocycles. The highest BCUT2D eigenvalue weighted by molar-refractivity contribution is 5.65. The number of aliphatic hydroxyl groups is 1. The van der Waals surface area contributed by atoms with Crippen molar-refractivity contribution in [3.05, 3.63) is 83.6 Å². The minimum Gasteiger partial charge on any atom is -0.487 e. The van der Waals surface area contributed by atoms with E-state index in [0.717, 1.165) is 49.1 Å². The molecule has 0 saturated carbocycles. The second-order valence-corrected chi connectivity index (χ2v) is 6.74. The first-order chi connectivity index (χ1) is 13.8. The average molecular weight is 377 g/mol. The van der Waals surface area contributed by atoms with Crippen LogP contribution >= 0.6 is 0 Å². The van der Waals surface area contributed by atoms with Gasteiger partial charge in [0.15, 0.2) is 0 Å². The van der Waals surface area contributed by atoms with Crippen LogP contribution in [0.2, 0.25) is 0 Å². The van der Waals surface area contributed by atoms with Crippen molar-refractivity contribution in [2.24, 2.45) is 0 Å². The normalized spacial score (nSPS) is 11.2. The van der Waals surface area contributed by atoms with Crippen LogP contribution in [-0.4, -0.2) is 16.7 Å². The Hall–Kier alpha value is -2.85. The van der Waals surface area contributed by atoms with Crippen LogP contribution in [0.15, 0.2) is 65.3 Å². The van der Waals surface area contributed by atoms with Gasteiger partial charge < -0.3 is 14.3 Å². The molecular weight excluding hydrogens is 350 g/mol. The number of benzene rings is 2. The van der Waals surface area contributed by atoms with Gasteiger partial charge in [0.25, 0.3) is 0 Å². The number of hydrogen-bond donors (Lipinski definition) is 1. The number of aryl methyl sites for hydroxylation is 1. The van der Waals surface area contributed by atoms with Gasteiger partial charge in [-0.3, -0.25) is 0 Å². The van der Waals surface area contributed by atoms with E-state index in [1.54, 1.807) is 6.26 Å². The van der Waals surface area contributed by atoms with Crippen LogP contribution in [0.4, 0.5) is 0 Å². The Morgan fingerprint density at radius 3 is 2.46 bits per heavy atom.